The van der Waals surface area contributed by atoms with Crippen molar-refractivity contribution in [1.29, 1.82) is 0 Å². The van der Waals surface area contributed by atoms with E-state index in [2.05, 4.69) is 5.32 Å². The lowest BCUT2D eigenvalue weighted by Crippen LogP contribution is -2.44. The summed E-state index contributed by atoms with van der Waals surface area (Å²) in [5.41, 5.74) is 0.611. The molecule has 1 N–H and O–H groups in total. The standard InChI is InChI=1S/C25H30FNO5/c1-4-17(3)32-22-11-10-20(16-21(22)23(28)31-5-2)27-24(29)25(12-14-30-15-13-25)18-6-8-19(26)9-7-18/h6-11,16-17H,4-5,12-15H2,1-3H3,(H,27,29). The van der Waals surface area contributed by atoms with E-state index in [9.17, 15) is 14.0 Å². The Labute approximate surface area is 188 Å². The van der Waals surface area contributed by atoms with Gasteiger partial charge in [-0.15, -0.1) is 0 Å². The minimum absolute atomic E-state index is 0.0763. The first-order valence-corrected chi connectivity index (χ1v) is 11.0. The molecule has 1 atom stereocenters. The lowest BCUT2D eigenvalue weighted by molar-refractivity contribution is -0.125. The Balaban J connectivity index is 1.91. The average Bonchev–Trinajstić information content (AvgIpc) is 2.80. The molecule has 0 aliphatic carbocycles. The van der Waals surface area contributed by atoms with Crippen molar-refractivity contribution in [1.82, 2.24) is 0 Å². The van der Waals surface area contributed by atoms with E-state index in [1.807, 2.05) is 13.8 Å². The van der Waals surface area contributed by atoms with Crippen molar-refractivity contribution in [3.05, 3.63) is 59.4 Å². The summed E-state index contributed by atoms with van der Waals surface area (Å²) < 4.78 is 30.0. The molecule has 1 aliphatic heterocycles. The molecule has 3 rings (SSSR count). The van der Waals surface area contributed by atoms with E-state index in [4.69, 9.17) is 14.2 Å². The van der Waals surface area contributed by atoms with Crippen LogP contribution in [0, 0.1) is 5.82 Å². The van der Waals surface area contributed by atoms with E-state index in [1.54, 1.807) is 37.3 Å². The molecule has 1 amide bonds. The lowest BCUT2D eigenvalue weighted by Gasteiger charge is -2.36. The molecule has 172 valence electrons. The smallest absolute Gasteiger partial charge is 0.341 e. The number of benzene rings is 2. The van der Waals surface area contributed by atoms with Gasteiger partial charge in [-0.3, -0.25) is 4.79 Å². The maximum atomic E-state index is 13.5. The Morgan fingerprint density at radius 2 is 1.81 bits per heavy atom. The predicted octanol–water partition coefficient (Wildman–Crippen LogP) is 4.87. The molecule has 1 aliphatic rings. The molecular weight excluding hydrogens is 413 g/mol. The van der Waals surface area contributed by atoms with Gasteiger partial charge >= 0.3 is 5.97 Å². The van der Waals surface area contributed by atoms with E-state index >= 15 is 0 Å². The van der Waals surface area contributed by atoms with Crippen molar-refractivity contribution in [2.24, 2.45) is 0 Å². The molecule has 6 nitrogen and oxygen atoms in total. The first-order chi connectivity index (χ1) is 15.4. The Morgan fingerprint density at radius 3 is 2.44 bits per heavy atom. The number of hydrogen-bond donors (Lipinski definition) is 1. The van der Waals surface area contributed by atoms with Crippen molar-refractivity contribution >= 4 is 17.6 Å². The molecule has 0 saturated carbocycles. The number of amides is 1. The summed E-state index contributed by atoms with van der Waals surface area (Å²) in [6.07, 6.45) is 1.66. The monoisotopic (exact) mass is 443 g/mol. The summed E-state index contributed by atoms with van der Waals surface area (Å²) in [4.78, 5) is 26.0. The maximum absolute atomic E-state index is 13.5. The second kappa shape index (κ2) is 10.6. The van der Waals surface area contributed by atoms with E-state index < -0.39 is 11.4 Å². The SMILES string of the molecule is CCOC(=O)c1cc(NC(=O)C2(c3ccc(F)cc3)CCOCC2)ccc1OC(C)CC. The van der Waals surface area contributed by atoms with Gasteiger partial charge in [0.25, 0.3) is 0 Å². The van der Waals surface area contributed by atoms with Crippen LogP contribution in [0.3, 0.4) is 0 Å². The van der Waals surface area contributed by atoms with Crippen molar-refractivity contribution in [2.75, 3.05) is 25.1 Å². The van der Waals surface area contributed by atoms with Gasteiger partial charge in [0, 0.05) is 18.9 Å². The van der Waals surface area contributed by atoms with Gasteiger partial charge in [-0.1, -0.05) is 19.1 Å². The van der Waals surface area contributed by atoms with E-state index in [1.165, 1.54) is 12.1 Å². The summed E-state index contributed by atoms with van der Waals surface area (Å²) in [5.74, 6) is -0.679. The summed E-state index contributed by atoms with van der Waals surface area (Å²) in [6.45, 7) is 6.73. The number of nitrogens with one attached hydrogen (secondary N) is 1. The van der Waals surface area contributed by atoms with Crippen LogP contribution >= 0.6 is 0 Å². The van der Waals surface area contributed by atoms with Gasteiger partial charge in [0.1, 0.15) is 17.1 Å². The van der Waals surface area contributed by atoms with Gasteiger partial charge in [0.15, 0.2) is 0 Å². The Kier molecular flexibility index (Phi) is 7.85. The van der Waals surface area contributed by atoms with E-state index in [-0.39, 0.29) is 30.0 Å². The summed E-state index contributed by atoms with van der Waals surface area (Å²) >= 11 is 0. The van der Waals surface area contributed by atoms with Gasteiger partial charge in [-0.05, 0) is 69.0 Å². The number of rotatable bonds is 8. The second-order valence-corrected chi connectivity index (χ2v) is 7.92. The Morgan fingerprint density at radius 1 is 1.12 bits per heavy atom. The zero-order valence-electron chi connectivity index (χ0n) is 18.8. The predicted molar refractivity (Wildman–Crippen MR) is 120 cm³/mol. The highest BCUT2D eigenvalue weighted by Crippen LogP contribution is 2.37. The third kappa shape index (κ3) is 5.27. The average molecular weight is 444 g/mol. The molecular formula is C25H30FNO5. The minimum atomic E-state index is -0.845. The fourth-order valence-corrected chi connectivity index (χ4v) is 3.77. The van der Waals surface area contributed by atoms with Crippen LogP contribution in [0.25, 0.3) is 0 Å². The molecule has 2 aromatic rings. The van der Waals surface area contributed by atoms with E-state index in [0.29, 0.717) is 37.5 Å². The highest BCUT2D eigenvalue weighted by Gasteiger charge is 2.41. The fraction of sp³-hybridized carbons (Fsp3) is 0.440. The first-order valence-electron chi connectivity index (χ1n) is 11.0. The third-order valence-electron chi connectivity index (χ3n) is 5.81. The number of anilines is 1. The fourth-order valence-electron chi connectivity index (χ4n) is 3.77. The second-order valence-electron chi connectivity index (χ2n) is 7.92. The van der Waals surface area contributed by atoms with Crippen LogP contribution < -0.4 is 10.1 Å². The molecule has 1 saturated heterocycles. The van der Waals surface area contributed by atoms with Crippen LogP contribution in [0.5, 0.6) is 5.75 Å². The molecule has 7 heteroatoms. The summed E-state index contributed by atoms with van der Waals surface area (Å²) in [6, 6.07) is 11.0. The number of ether oxygens (including phenoxy) is 3. The molecule has 0 radical (unpaired) electrons. The number of halogens is 1. The molecule has 0 bridgehead atoms. The quantitative estimate of drug-likeness (QED) is 0.590. The van der Waals surface area contributed by atoms with E-state index in [0.717, 1.165) is 12.0 Å². The number of carbonyl (C=O) groups is 2. The van der Waals surface area contributed by atoms with Crippen molar-refractivity contribution in [2.45, 2.75) is 51.6 Å². The van der Waals surface area contributed by atoms with Gasteiger partial charge in [-0.25, -0.2) is 9.18 Å². The third-order valence-corrected chi connectivity index (χ3v) is 5.81. The normalized spacial score (nSPS) is 16.1. The number of esters is 1. The van der Waals surface area contributed by atoms with Crippen LogP contribution in [0.4, 0.5) is 10.1 Å². The topological polar surface area (TPSA) is 73.9 Å². The summed E-state index contributed by atoms with van der Waals surface area (Å²) in [7, 11) is 0. The molecule has 1 heterocycles. The van der Waals surface area contributed by atoms with Crippen molar-refractivity contribution in [3.63, 3.8) is 0 Å². The zero-order valence-corrected chi connectivity index (χ0v) is 18.8. The molecule has 2 aromatic carbocycles. The number of hydrogen-bond acceptors (Lipinski definition) is 5. The van der Waals surface area contributed by atoms with Gasteiger partial charge < -0.3 is 19.5 Å². The zero-order chi connectivity index (χ0) is 23.1. The van der Waals surface area contributed by atoms with Gasteiger partial charge in [0.2, 0.25) is 5.91 Å². The number of carbonyl (C=O) groups excluding carboxylic acids is 2. The Hall–Kier alpha value is -2.93. The Bertz CT molecular complexity index is 938. The van der Waals surface area contributed by atoms with Gasteiger partial charge in [0.05, 0.1) is 18.1 Å². The maximum Gasteiger partial charge on any atom is 0.341 e. The van der Waals surface area contributed by atoms with Crippen LogP contribution in [-0.2, 0) is 19.7 Å². The lowest BCUT2D eigenvalue weighted by atomic mass is 9.73. The van der Waals surface area contributed by atoms with Crippen molar-refractivity contribution in [3.8, 4) is 5.75 Å². The van der Waals surface area contributed by atoms with Crippen LogP contribution in [0.1, 0.15) is 56.0 Å². The molecule has 0 spiro atoms. The summed E-state index contributed by atoms with van der Waals surface area (Å²) in [5, 5.41) is 2.95. The van der Waals surface area contributed by atoms with Gasteiger partial charge in [-0.2, -0.15) is 0 Å². The van der Waals surface area contributed by atoms with Crippen LogP contribution in [0.15, 0.2) is 42.5 Å². The largest absolute Gasteiger partial charge is 0.490 e. The van der Waals surface area contributed by atoms with Crippen molar-refractivity contribution < 1.29 is 28.2 Å². The molecule has 32 heavy (non-hydrogen) atoms. The highest BCUT2D eigenvalue weighted by molar-refractivity contribution is 6.01. The highest BCUT2D eigenvalue weighted by atomic mass is 19.1. The van der Waals surface area contributed by atoms with Crippen LogP contribution in [0.2, 0.25) is 0 Å². The molecule has 0 aromatic heterocycles. The molecule has 1 fully saturated rings. The van der Waals surface area contributed by atoms with Crippen LogP contribution in [-0.4, -0.2) is 37.8 Å². The minimum Gasteiger partial charge on any atom is -0.490 e. The first kappa shape index (κ1) is 23.7. The molecule has 1 unspecified atom stereocenters.